The monoisotopic (exact) mass is 236 g/mol. The number of fused-ring (bicyclic) bond motifs is 1. The van der Waals surface area contributed by atoms with Crippen molar-refractivity contribution >= 4 is 11.0 Å². The van der Waals surface area contributed by atoms with Crippen LogP contribution in [0.15, 0.2) is 54.7 Å². The number of ether oxygens (including phenoxy) is 1. The Kier molecular flexibility index (Phi) is 2.65. The maximum Gasteiger partial charge on any atom is 0.213 e. The molecule has 0 saturated heterocycles. The molecule has 2 heterocycles. The summed E-state index contributed by atoms with van der Waals surface area (Å²) in [5, 5.41) is 0. The summed E-state index contributed by atoms with van der Waals surface area (Å²) in [5.41, 5.74) is 3.94. The van der Waals surface area contributed by atoms with Crippen LogP contribution in [-0.4, -0.2) is 17.1 Å². The molecule has 2 aromatic heterocycles. The SMILES string of the molecule is COc1ccc2nccc(-c3ccccc3)c2n1. The number of methoxy groups -OCH3 is 1. The Morgan fingerprint density at radius 1 is 0.944 bits per heavy atom. The first-order valence-electron chi connectivity index (χ1n) is 5.73. The molecule has 0 amide bonds. The topological polar surface area (TPSA) is 35.0 Å². The predicted molar refractivity (Wildman–Crippen MR) is 71.5 cm³/mol. The summed E-state index contributed by atoms with van der Waals surface area (Å²) in [5.74, 6) is 0.604. The predicted octanol–water partition coefficient (Wildman–Crippen LogP) is 3.31. The zero-order chi connectivity index (χ0) is 12.4. The third kappa shape index (κ3) is 1.80. The number of pyridine rings is 2. The van der Waals surface area contributed by atoms with Crippen LogP contribution in [0.3, 0.4) is 0 Å². The number of benzene rings is 1. The molecule has 0 N–H and O–H groups in total. The molecule has 88 valence electrons. The third-order valence-corrected chi connectivity index (χ3v) is 2.85. The van der Waals surface area contributed by atoms with Crippen molar-refractivity contribution in [3.63, 3.8) is 0 Å². The quantitative estimate of drug-likeness (QED) is 0.684. The number of hydrogen-bond donors (Lipinski definition) is 0. The van der Waals surface area contributed by atoms with Crippen LogP contribution in [-0.2, 0) is 0 Å². The maximum absolute atomic E-state index is 5.17. The Hall–Kier alpha value is -2.42. The van der Waals surface area contributed by atoms with E-state index in [1.165, 1.54) is 0 Å². The molecule has 3 heteroatoms. The Morgan fingerprint density at radius 2 is 1.78 bits per heavy atom. The van der Waals surface area contributed by atoms with Gasteiger partial charge in [0, 0.05) is 17.8 Å². The molecule has 0 unspecified atom stereocenters. The van der Waals surface area contributed by atoms with E-state index in [4.69, 9.17) is 4.74 Å². The van der Waals surface area contributed by atoms with Crippen LogP contribution in [0, 0.1) is 0 Å². The van der Waals surface area contributed by atoms with Crippen LogP contribution in [0.4, 0.5) is 0 Å². The van der Waals surface area contributed by atoms with Crippen molar-refractivity contribution in [3.05, 3.63) is 54.7 Å². The second-order valence-electron chi connectivity index (χ2n) is 3.95. The van der Waals surface area contributed by atoms with E-state index in [1.807, 2.05) is 36.4 Å². The van der Waals surface area contributed by atoms with Crippen LogP contribution in [0.5, 0.6) is 5.88 Å². The van der Waals surface area contributed by atoms with Crippen LogP contribution in [0.2, 0.25) is 0 Å². The molecule has 0 bridgehead atoms. The minimum absolute atomic E-state index is 0.604. The van der Waals surface area contributed by atoms with Gasteiger partial charge in [0.05, 0.1) is 12.6 Å². The standard InChI is InChI=1S/C15H12N2O/c1-18-14-8-7-13-15(17-14)12(9-10-16-13)11-5-3-2-4-6-11/h2-10H,1H3. The molecule has 0 aliphatic carbocycles. The summed E-state index contributed by atoms with van der Waals surface area (Å²) in [6.45, 7) is 0. The Labute approximate surface area is 105 Å². The smallest absolute Gasteiger partial charge is 0.213 e. The van der Waals surface area contributed by atoms with Gasteiger partial charge in [0.1, 0.15) is 5.52 Å². The lowest BCUT2D eigenvalue weighted by Crippen LogP contribution is -1.91. The molecule has 3 aromatic rings. The lowest BCUT2D eigenvalue weighted by atomic mass is 10.1. The van der Waals surface area contributed by atoms with Crippen LogP contribution in [0.1, 0.15) is 0 Å². The molecule has 18 heavy (non-hydrogen) atoms. The fourth-order valence-corrected chi connectivity index (χ4v) is 1.97. The van der Waals surface area contributed by atoms with Crippen molar-refractivity contribution in [1.82, 2.24) is 9.97 Å². The summed E-state index contributed by atoms with van der Waals surface area (Å²) >= 11 is 0. The van der Waals surface area contributed by atoms with Crippen molar-refractivity contribution in [3.8, 4) is 17.0 Å². The number of nitrogens with zero attached hydrogens (tertiary/aromatic N) is 2. The van der Waals surface area contributed by atoms with Crippen molar-refractivity contribution in [2.24, 2.45) is 0 Å². The number of aromatic nitrogens is 2. The second kappa shape index (κ2) is 4.45. The molecular weight excluding hydrogens is 224 g/mol. The Morgan fingerprint density at radius 3 is 2.56 bits per heavy atom. The molecular formula is C15H12N2O. The van der Waals surface area contributed by atoms with E-state index in [-0.39, 0.29) is 0 Å². The highest BCUT2D eigenvalue weighted by Crippen LogP contribution is 2.27. The summed E-state index contributed by atoms with van der Waals surface area (Å²) in [6, 6.07) is 15.9. The number of rotatable bonds is 2. The van der Waals surface area contributed by atoms with Gasteiger partial charge in [-0.15, -0.1) is 0 Å². The van der Waals surface area contributed by atoms with Gasteiger partial charge in [0.25, 0.3) is 0 Å². The summed E-state index contributed by atoms with van der Waals surface area (Å²) in [7, 11) is 1.62. The number of hydrogen-bond acceptors (Lipinski definition) is 3. The van der Waals surface area contributed by atoms with E-state index in [1.54, 1.807) is 13.3 Å². The lowest BCUT2D eigenvalue weighted by molar-refractivity contribution is 0.399. The van der Waals surface area contributed by atoms with Crippen molar-refractivity contribution < 1.29 is 4.74 Å². The molecule has 0 spiro atoms. The molecule has 0 atom stereocenters. The fourth-order valence-electron chi connectivity index (χ4n) is 1.97. The Bertz CT molecular complexity index is 680. The first-order valence-corrected chi connectivity index (χ1v) is 5.73. The third-order valence-electron chi connectivity index (χ3n) is 2.85. The van der Waals surface area contributed by atoms with E-state index in [0.717, 1.165) is 22.2 Å². The zero-order valence-electron chi connectivity index (χ0n) is 10.00. The molecule has 0 fully saturated rings. The van der Waals surface area contributed by atoms with Gasteiger partial charge in [-0.2, -0.15) is 0 Å². The maximum atomic E-state index is 5.17. The zero-order valence-corrected chi connectivity index (χ0v) is 10.00. The molecule has 1 aromatic carbocycles. The highest BCUT2D eigenvalue weighted by atomic mass is 16.5. The van der Waals surface area contributed by atoms with Crippen molar-refractivity contribution in [1.29, 1.82) is 0 Å². The van der Waals surface area contributed by atoms with Gasteiger partial charge in [0.15, 0.2) is 0 Å². The molecule has 0 saturated carbocycles. The molecule has 3 nitrogen and oxygen atoms in total. The summed E-state index contributed by atoms with van der Waals surface area (Å²) in [6.07, 6.45) is 1.80. The van der Waals surface area contributed by atoms with Gasteiger partial charge in [-0.3, -0.25) is 4.98 Å². The fraction of sp³-hybridized carbons (Fsp3) is 0.0667. The average molecular weight is 236 g/mol. The van der Waals surface area contributed by atoms with E-state index in [2.05, 4.69) is 22.1 Å². The highest BCUT2D eigenvalue weighted by molar-refractivity contribution is 5.91. The Balaban J connectivity index is 2.29. The lowest BCUT2D eigenvalue weighted by Gasteiger charge is -2.06. The van der Waals surface area contributed by atoms with E-state index in [9.17, 15) is 0 Å². The van der Waals surface area contributed by atoms with Crippen LogP contribution < -0.4 is 4.74 Å². The van der Waals surface area contributed by atoms with E-state index in [0.29, 0.717) is 5.88 Å². The normalized spacial score (nSPS) is 10.5. The average Bonchev–Trinajstić information content (AvgIpc) is 2.47. The molecule has 0 aliphatic heterocycles. The highest BCUT2D eigenvalue weighted by Gasteiger charge is 2.06. The first kappa shape index (κ1) is 10.7. The van der Waals surface area contributed by atoms with Gasteiger partial charge in [-0.25, -0.2) is 4.98 Å². The van der Waals surface area contributed by atoms with Gasteiger partial charge in [0.2, 0.25) is 5.88 Å². The van der Waals surface area contributed by atoms with Gasteiger partial charge in [-0.1, -0.05) is 30.3 Å². The first-order chi connectivity index (χ1) is 8.88. The summed E-state index contributed by atoms with van der Waals surface area (Å²) < 4.78 is 5.17. The van der Waals surface area contributed by atoms with Crippen LogP contribution >= 0.6 is 0 Å². The molecule has 0 radical (unpaired) electrons. The van der Waals surface area contributed by atoms with E-state index >= 15 is 0 Å². The minimum atomic E-state index is 0.604. The summed E-state index contributed by atoms with van der Waals surface area (Å²) in [4.78, 5) is 8.81. The van der Waals surface area contributed by atoms with Crippen molar-refractivity contribution in [2.45, 2.75) is 0 Å². The van der Waals surface area contributed by atoms with Gasteiger partial charge >= 0.3 is 0 Å². The second-order valence-corrected chi connectivity index (χ2v) is 3.95. The molecule has 3 rings (SSSR count). The minimum Gasteiger partial charge on any atom is -0.481 e. The van der Waals surface area contributed by atoms with Crippen LogP contribution in [0.25, 0.3) is 22.2 Å². The van der Waals surface area contributed by atoms with Gasteiger partial charge < -0.3 is 4.74 Å². The van der Waals surface area contributed by atoms with E-state index < -0.39 is 0 Å². The molecule has 0 aliphatic rings. The van der Waals surface area contributed by atoms with Crippen molar-refractivity contribution in [2.75, 3.05) is 7.11 Å². The largest absolute Gasteiger partial charge is 0.481 e. The van der Waals surface area contributed by atoms with Gasteiger partial charge in [-0.05, 0) is 17.7 Å².